The second kappa shape index (κ2) is 5.87. The number of nitrogens with zero attached hydrogens (tertiary/aromatic N) is 5. The highest BCUT2D eigenvalue weighted by molar-refractivity contribution is 6.10. The molecule has 8 heteroatoms. The van der Waals surface area contributed by atoms with Crippen molar-refractivity contribution in [2.45, 2.75) is 26.1 Å². The van der Waals surface area contributed by atoms with E-state index in [0.717, 1.165) is 17.0 Å². The van der Waals surface area contributed by atoms with Crippen LogP contribution in [0.4, 0.5) is 10.5 Å². The first-order valence-electron chi connectivity index (χ1n) is 8.66. The third-order valence-electron chi connectivity index (χ3n) is 4.90. The number of rotatable bonds is 3. The quantitative estimate of drug-likeness (QED) is 0.826. The molecule has 0 radical (unpaired) electrons. The molecule has 2 unspecified atom stereocenters. The summed E-state index contributed by atoms with van der Waals surface area (Å²) >= 11 is 0. The van der Waals surface area contributed by atoms with Crippen LogP contribution in [0.1, 0.15) is 13.8 Å². The molecule has 2 atom stereocenters. The maximum absolute atomic E-state index is 13.1. The number of carbonyl (C=O) groups excluding carboxylic acids is 2. The number of fused-ring (bicyclic) bond motifs is 3. The summed E-state index contributed by atoms with van der Waals surface area (Å²) in [5.74, 6) is 0.427. The Labute approximate surface area is 157 Å². The van der Waals surface area contributed by atoms with Crippen LogP contribution in [0.25, 0.3) is 0 Å². The number of anilines is 1. The number of allylic oxidation sites excluding steroid dienone is 1. The standard InChI is InChI=1S/C19H21N5O3/c1-11(2)9-23-17(26)15-16(21(4)19(23)27)20-18-22(15)10-12(3)24(18)13-6-5-7-14(25)8-13/h5-8,10,15-16,25H,1,9H2,2-4H3. The maximum atomic E-state index is 13.1. The Bertz CT molecular complexity index is 922. The van der Waals surface area contributed by atoms with Gasteiger partial charge in [-0.2, -0.15) is 0 Å². The minimum Gasteiger partial charge on any atom is -0.508 e. The molecule has 0 bridgehead atoms. The Hall–Kier alpha value is -3.29. The van der Waals surface area contributed by atoms with Crippen molar-refractivity contribution in [3.63, 3.8) is 0 Å². The molecule has 0 spiro atoms. The van der Waals surface area contributed by atoms with Crippen LogP contribution in [0.2, 0.25) is 0 Å². The number of benzene rings is 1. The van der Waals surface area contributed by atoms with E-state index in [1.807, 2.05) is 24.1 Å². The van der Waals surface area contributed by atoms with Gasteiger partial charge in [0.25, 0.3) is 5.91 Å². The summed E-state index contributed by atoms with van der Waals surface area (Å²) < 4.78 is 0. The number of imide groups is 1. The van der Waals surface area contributed by atoms with Crippen molar-refractivity contribution >= 4 is 23.6 Å². The summed E-state index contributed by atoms with van der Waals surface area (Å²) in [5, 5.41) is 9.82. The zero-order valence-electron chi connectivity index (χ0n) is 15.5. The molecule has 0 saturated carbocycles. The van der Waals surface area contributed by atoms with Gasteiger partial charge >= 0.3 is 6.03 Å². The monoisotopic (exact) mass is 367 g/mol. The van der Waals surface area contributed by atoms with Crippen LogP contribution in [-0.4, -0.2) is 63.5 Å². The minimum atomic E-state index is -0.612. The van der Waals surface area contributed by atoms with Gasteiger partial charge in [-0.25, -0.2) is 9.79 Å². The van der Waals surface area contributed by atoms with Gasteiger partial charge in [0, 0.05) is 25.0 Å². The number of hydrogen-bond acceptors (Lipinski definition) is 6. The van der Waals surface area contributed by atoms with Crippen molar-refractivity contribution < 1.29 is 14.7 Å². The van der Waals surface area contributed by atoms with E-state index in [-0.39, 0.29) is 24.2 Å². The first-order chi connectivity index (χ1) is 12.8. The highest BCUT2D eigenvalue weighted by atomic mass is 16.3. The number of carbonyl (C=O) groups is 2. The van der Waals surface area contributed by atoms with Crippen molar-refractivity contribution in [3.05, 3.63) is 48.3 Å². The lowest BCUT2D eigenvalue weighted by Gasteiger charge is -2.40. The smallest absolute Gasteiger partial charge is 0.328 e. The zero-order chi connectivity index (χ0) is 19.5. The number of guanidine groups is 1. The third-order valence-corrected chi connectivity index (χ3v) is 4.90. The van der Waals surface area contributed by atoms with Gasteiger partial charge in [-0.05, 0) is 26.0 Å². The van der Waals surface area contributed by atoms with Crippen LogP contribution in [-0.2, 0) is 4.79 Å². The van der Waals surface area contributed by atoms with E-state index in [1.54, 1.807) is 37.1 Å². The molecule has 3 heterocycles. The minimum absolute atomic E-state index is 0.144. The van der Waals surface area contributed by atoms with E-state index in [9.17, 15) is 14.7 Å². The second-order valence-electron chi connectivity index (χ2n) is 7.10. The Kier molecular flexibility index (Phi) is 3.73. The van der Waals surface area contributed by atoms with Gasteiger partial charge in [0.1, 0.15) is 5.75 Å². The molecule has 1 N–H and O–H groups in total. The number of urea groups is 1. The molecule has 140 valence electrons. The van der Waals surface area contributed by atoms with Crippen molar-refractivity contribution in [3.8, 4) is 5.75 Å². The lowest BCUT2D eigenvalue weighted by atomic mass is 10.1. The van der Waals surface area contributed by atoms with E-state index in [2.05, 4.69) is 11.6 Å². The maximum Gasteiger partial charge on any atom is 0.328 e. The van der Waals surface area contributed by atoms with E-state index in [1.165, 1.54) is 9.80 Å². The Morgan fingerprint density at radius 2 is 2.07 bits per heavy atom. The molecule has 8 nitrogen and oxygen atoms in total. The van der Waals surface area contributed by atoms with Crippen LogP contribution in [0.15, 0.2) is 53.3 Å². The molecule has 3 amide bonds. The van der Waals surface area contributed by atoms with Crippen molar-refractivity contribution in [2.75, 3.05) is 18.5 Å². The lowest BCUT2D eigenvalue weighted by Crippen LogP contribution is -2.64. The Morgan fingerprint density at radius 3 is 2.74 bits per heavy atom. The fourth-order valence-electron chi connectivity index (χ4n) is 3.72. The van der Waals surface area contributed by atoms with Crippen molar-refractivity contribution in [1.29, 1.82) is 0 Å². The Morgan fingerprint density at radius 1 is 1.33 bits per heavy atom. The highest BCUT2D eigenvalue weighted by Crippen LogP contribution is 2.37. The summed E-state index contributed by atoms with van der Waals surface area (Å²) in [6.45, 7) is 7.70. The molecular formula is C19H21N5O3. The summed E-state index contributed by atoms with van der Waals surface area (Å²) in [4.78, 5) is 36.8. The fourth-order valence-corrected chi connectivity index (χ4v) is 3.72. The molecule has 1 aromatic rings. The third kappa shape index (κ3) is 2.48. The van der Waals surface area contributed by atoms with Crippen LogP contribution in [0.5, 0.6) is 5.75 Å². The summed E-state index contributed by atoms with van der Waals surface area (Å²) in [7, 11) is 1.65. The van der Waals surface area contributed by atoms with Gasteiger partial charge in [-0.15, -0.1) is 0 Å². The van der Waals surface area contributed by atoms with E-state index >= 15 is 0 Å². The fraction of sp³-hybridized carbons (Fsp3) is 0.316. The van der Waals surface area contributed by atoms with Gasteiger partial charge in [0.05, 0.1) is 12.2 Å². The predicted octanol–water partition coefficient (Wildman–Crippen LogP) is 1.91. The average molecular weight is 367 g/mol. The molecule has 1 fully saturated rings. The number of phenols is 1. The van der Waals surface area contributed by atoms with Gasteiger partial charge in [-0.1, -0.05) is 18.2 Å². The van der Waals surface area contributed by atoms with E-state index < -0.39 is 12.2 Å². The lowest BCUT2D eigenvalue weighted by molar-refractivity contribution is -0.136. The van der Waals surface area contributed by atoms with E-state index in [0.29, 0.717) is 5.96 Å². The molecule has 27 heavy (non-hydrogen) atoms. The number of likely N-dealkylation sites (N-methyl/N-ethyl adjacent to an activating group) is 1. The second-order valence-corrected chi connectivity index (χ2v) is 7.10. The highest BCUT2D eigenvalue weighted by Gasteiger charge is 2.54. The predicted molar refractivity (Wildman–Crippen MR) is 101 cm³/mol. The Balaban J connectivity index is 1.73. The molecule has 0 aromatic heterocycles. The first-order valence-corrected chi connectivity index (χ1v) is 8.66. The van der Waals surface area contributed by atoms with Crippen molar-refractivity contribution in [1.82, 2.24) is 14.7 Å². The van der Waals surface area contributed by atoms with Gasteiger partial charge in [0.2, 0.25) is 5.96 Å². The van der Waals surface area contributed by atoms with E-state index in [4.69, 9.17) is 0 Å². The number of aliphatic imine (C=N–C) groups is 1. The summed E-state index contributed by atoms with van der Waals surface area (Å²) in [6, 6.07) is 5.85. The first kappa shape index (κ1) is 17.1. The molecule has 3 aliphatic heterocycles. The summed E-state index contributed by atoms with van der Waals surface area (Å²) in [5.41, 5.74) is 2.35. The largest absolute Gasteiger partial charge is 0.508 e. The molecule has 0 aliphatic carbocycles. The molecule has 3 aliphatic rings. The zero-order valence-corrected chi connectivity index (χ0v) is 15.5. The average Bonchev–Trinajstić information content (AvgIpc) is 3.11. The van der Waals surface area contributed by atoms with Gasteiger partial charge in [-0.3, -0.25) is 14.6 Å². The van der Waals surface area contributed by atoms with Crippen molar-refractivity contribution in [2.24, 2.45) is 4.99 Å². The normalized spacial score (nSPS) is 24.1. The van der Waals surface area contributed by atoms with Crippen LogP contribution < -0.4 is 4.90 Å². The molecular weight excluding hydrogens is 346 g/mol. The molecule has 1 aromatic carbocycles. The number of hydrogen-bond donors (Lipinski definition) is 1. The SMILES string of the molecule is C=C(C)CN1C(=O)C2C(N=C3N(c4cccc(O)c4)C(C)=CN32)N(C)C1=O. The van der Waals surface area contributed by atoms with Gasteiger partial charge < -0.3 is 14.9 Å². The molecule has 1 saturated heterocycles. The molecule has 4 rings (SSSR count). The summed E-state index contributed by atoms with van der Waals surface area (Å²) in [6.07, 6.45) is 1.26. The number of aromatic hydroxyl groups is 1. The van der Waals surface area contributed by atoms with Gasteiger partial charge in [0.15, 0.2) is 12.2 Å². The topological polar surface area (TPSA) is 79.7 Å². The number of phenolic OH excluding ortho intramolecular Hbond substituents is 1. The van der Waals surface area contributed by atoms with Crippen LogP contribution in [0.3, 0.4) is 0 Å². The number of amides is 3. The van der Waals surface area contributed by atoms with Crippen LogP contribution in [0, 0.1) is 0 Å². The van der Waals surface area contributed by atoms with Crippen LogP contribution >= 0.6 is 0 Å².